The number of aryl methyl sites for hydroxylation is 1. The number of non-ortho nitro benzene ring substituents is 1. The fraction of sp³-hybridized carbons (Fsp3) is 0.0909. The van der Waals surface area contributed by atoms with Crippen molar-refractivity contribution >= 4 is 46.4 Å². The summed E-state index contributed by atoms with van der Waals surface area (Å²) in [5.74, 6) is -0.123. The summed E-state index contributed by atoms with van der Waals surface area (Å²) in [7, 11) is 0. The third-order valence-corrected chi connectivity index (χ3v) is 5.23. The highest BCUT2D eigenvalue weighted by Gasteiger charge is 2.11. The van der Waals surface area contributed by atoms with Gasteiger partial charge in [-0.1, -0.05) is 24.3 Å². The summed E-state index contributed by atoms with van der Waals surface area (Å²) >= 11 is 1.32. The van der Waals surface area contributed by atoms with Crippen LogP contribution in [0.25, 0.3) is 0 Å². The maximum absolute atomic E-state index is 12.2. The molecule has 0 aliphatic carbocycles. The number of thioether (sulfide) groups is 1. The first-order valence-electron chi connectivity index (χ1n) is 9.31. The summed E-state index contributed by atoms with van der Waals surface area (Å²) in [6, 6.07) is 20.2. The first-order valence-corrected chi connectivity index (χ1v) is 10.3. The number of rotatable bonds is 7. The number of urea groups is 1. The molecule has 3 N–H and O–H groups in total. The van der Waals surface area contributed by atoms with Crippen molar-refractivity contribution < 1.29 is 14.5 Å². The van der Waals surface area contributed by atoms with Crippen molar-refractivity contribution in [3.05, 3.63) is 88.5 Å². The van der Waals surface area contributed by atoms with Gasteiger partial charge in [0.2, 0.25) is 5.91 Å². The van der Waals surface area contributed by atoms with Gasteiger partial charge < -0.3 is 16.0 Å². The van der Waals surface area contributed by atoms with E-state index >= 15 is 0 Å². The summed E-state index contributed by atoms with van der Waals surface area (Å²) in [5, 5.41) is 19.1. The van der Waals surface area contributed by atoms with Crippen LogP contribution in [0.15, 0.2) is 77.7 Å². The average molecular weight is 436 g/mol. The van der Waals surface area contributed by atoms with E-state index < -0.39 is 4.92 Å². The van der Waals surface area contributed by atoms with Gasteiger partial charge in [-0.15, -0.1) is 11.8 Å². The molecule has 0 spiro atoms. The monoisotopic (exact) mass is 436 g/mol. The van der Waals surface area contributed by atoms with Gasteiger partial charge in [0.25, 0.3) is 5.69 Å². The molecule has 0 unspecified atom stereocenters. The van der Waals surface area contributed by atoms with Gasteiger partial charge in [-0.2, -0.15) is 0 Å². The zero-order valence-corrected chi connectivity index (χ0v) is 17.4. The van der Waals surface area contributed by atoms with E-state index in [2.05, 4.69) is 16.0 Å². The standard InChI is InChI=1S/C22H20N4O4S/c1-15-7-10-18(26(29)30)13-20(15)25-21(27)14-31-19-11-8-17(9-12-19)24-22(28)23-16-5-3-2-4-6-16/h2-13H,14H2,1H3,(H,25,27)(H2,23,24,28). The Morgan fingerprint density at radius 1 is 0.903 bits per heavy atom. The highest BCUT2D eigenvalue weighted by molar-refractivity contribution is 8.00. The van der Waals surface area contributed by atoms with Gasteiger partial charge in [-0.25, -0.2) is 4.79 Å². The minimum Gasteiger partial charge on any atom is -0.325 e. The van der Waals surface area contributed by atoms with Crippen LogP contribution < -0.4 is 16.0 Å². The predicted octanol–water partition coefficient (Wildman–Crippen LogP) is 5.28. The van der Waals surface area contributed by atoms with Crippen LogP contribution in [-0.4, -0.2) is 22.6 Å². The van der Waals surface area contributed by atoms with Crippen molar-refractivity contribution in [1.82, 2.24) is 0 Å². The van der Waals surface area contributed by atoms with Gasteiger partial charge in [0.15, 0.2) is 0 Å². The van der Waals surface area contributed by atoms with Crippen molar-refractivity contribution in [3.8, 4) is 0 Å². The first-order chi connectivity index (χ1) is 14.9. The van der Waals surface area contributed by atoms with Crippen LogP contribution in [0.3, 0.4) is 0 Å². The quantitative estimate of drug-likeness (QED) is 0.265. The third-order valence-electron chi connectivity index (χ3n) is 4.22. The molecular formula is C22H20N4O4S. The number of para-hydroxylation sites is 1. The van der Waals surface area contributed by atoms with E-state index in [1.807, 2.05) is 18.2 Å². The van der Waals surface area contributed by atoms with Gasteiger partial charge in [0.05, 0.1) is 16.4 Å². The predicted molar refractivity (Wildman–Crippen MR) is 123 cm³/mol. The zero-order valence-electron chi connectivity index (χ0n) is 16.6. The summed E-state index contributed by atoms with van der Waals surface area (Å²) in [6.07, 6.45) is 0. The van der Waals surface area contributed by atoms with Crippen LogP contribution >= 0.6 is 11.8 Å². The molecule has 0 heterocycles. The molecule has 9 heteroatoms. The SMILES string of the molecule is Cc1ccc([N+](=O)[O-])cc1NC(=O)CSc1ccc(NC(=O)Nc2ccccc2)cc1. The van der Waals surface area contributed by atoms with Crippen molar-refractivity contribution in [2.75, 3.05) is 21.7 Å². The number of amides is 3. The minimum atomic E-state index is -0.500. The number of benzene rings is 3. The maximum Gasteiger partial charge on any atom is 0.323 e. The molecule has 0 aliphatic rings. The summed E-state index contributed by atoms with van der Waals surface area (Å²) < 4.78 is 0. The Hall–Kier alpha value is -3.85. The number of carbonyl (C=O) groups is 2. The molecule has 3 aromatic carbocycles. The summed E-state index contributed by atoms with van der Waals surface area (Å²) in [5.41, 5.74) is 2.40. The number of nitro groups is 1. The third kappa shape index (κ3) is 6.58. The van der Waals surface area contributed by atoms with Gasteiger partial charge in [-0.05, 0) is 48.9 Å². The first kappa shape index (κ1) is 21.8. The Labute approximate surface area is 183 Å². The second-order valence-corrected chi connectivity index (χ2v) is 7.61. The lowest BCUT2D eigenvalue weighted by atomic mass is 10.2. The number of nitrogens with zero attached hydrogens (tertiary/aromatic N) is 1. The highest BCUT2D eigenvalue weighted by Crippen LogP contribution is 2.24. The fourth-order valence-electron chi connectivity index (χ4n) is 2.64. The fourth-order valence-corrected chi connectivity index (χ4v) is 3.34. The molecule has 3 amide bonds. The molecule has 31 heavy (non-hydrogen) atoms. The molecule has 3 aromatic rings. The van der Waals surface area contributed by atoms with E-state index in [1.54, 1.807) is 49.4 Å². The number of nitrogens with one attached hydrogen (secondary N) is 3. The second-order valence-electron chi connectivity index (χ2n) is 6.56. The van der Waals surface area contributed by atoms with E-state index in [0.29, 0.717) is 17.1 Å². The van der Waals surface area contributed by atoms with Gasteiger partial charge in [-0.3, -0.25) is 14.9 Å². The lowest BCUT2D eigenvalue weighted by Crippen LogP contribution is -2.19. The molecule has 0 aliphatic heterocycles. The van der Waals surface area contributed by atoms with Gasteiger partial charge in [0, 0.05) is 28.4 Å². The number of carbonyl (C=O) groups excluding carboxylic acids is 2. The van der Waals surface area contributed by atoms with Crippen LogP contribution in [0, 0.1) is 17.0 Å². The van der Waals surface area contributed by atoms with Gasteiger partial charge in [0.1, 0.15) is 0 Å². The van der Waals surface area contributed by atoms with Crippen LogP contribution in [0.2, 0.25) is 0 Å². The molecule has 0 saturated carbocycles. The minimum absolute atomic E-state index is 0.0760. The van der Waals surface area contributed by atoms with E-state index in [9.17, 15) is 19.7 Å². The van der Waals surface area contributed by atoms with Crippen molar-refractivity contribution in [2.45, 2.75) is 11.8 Å². The van der Waals surface area contributed by atoms with E-state index in [0.717, 1.165) is 10.5 Å². The number of nitro benzene ring substituents is 1. The number of anilines is 3. The van der Waals surface area contributed by atoms with Crippen LogP contribution in [0.4, 0.5) is 27.5 Å². The molecular weight excluding hydrogens is 416 g/mol. The molecule has 0 saturated heterocycles. The molecule has 0 bridgehead atoms. The normalized spacial score (nSPS) is 10.2. The van der Waals surface area contributed by atoms with E-state index in [-0.39, 0.29) is 23.4 Å². The van der Waals surface area contributed by atoms with Crippen LogP contribution in [0.1, 0.15) is 5.56 Å². The molecule has 8 nitrogen and oxygen atoms in total. The number of hydrogen-bond acceptors (Lipinski definition) is 5. The Morgan fingerprint density at radius 3 is 2.19 bits per heavy atom. The van der Waals surface area contributed by atoms with Crippen molar-refractivity contribution in [3.63, 3.8) is 0 Å². The Morgan fingerprint density at radius 2 is 1.55 bits per heavy atom. The van der Waals surface area contributed by atoms with Gasteiger partial charge >= 0.3 is 6.03 Å². The zero-order chi connectivity index (χ0) is 22.2. The Bertz CT molecular complexity index is 1090. The largest absolute Gasteiger partial charge is 0.325 e. The van der Waals surface area contributed by atoms with E-state index in [1.165, 1.54) is 23.9 Å². The molecule has 3 rings (SSSR count). The molecule has 0 atom stereocenters. The average Bonchev–Trinajstić information content (AvgIpc) is 2.75. The Balaban J connectivity index is 1.50. The summed E-state index contributed by atoms with van der Waals surface area (Å²) in [4.78, 5) is 35.5. The highest BCUT2D eigenvalue weighted by atomic mass is 32.2. The lowest BCUT2D eigenvalue weighted by molar-refractivity contribution is -0.384. The summed E-state index contributed by atoms with van der Waals surface area (Å²) in [6.45, 7) is 1.77. The molecule has 0 radical (unpaired) electrons. The Kier molecular flexibility index (Phi) is 7.23. The second kappa shape index (κ2) is 10.3. The van der Waals surface area contributed by atoms with Crippen molar-refractivity contribution in [1.29, 1.82) is 0 Å². The molecule has 158 valence electrons. The smallest absolute Gasteiger partial charge is 0.323 e. The number of hydrogen-bond donors (Lipinski definition) is 3. The molecule has 0 fully saturated rings. The lowest BCUT2D eigenvalue weighted by Gasteiger charge is -2.09. The van der Waals surface area contributed by atoms with Crippen molar-refractivity contribution in [2.24, 2.45) is 0 Å². The van der Waals surface area contributed by atoms with Crippen LogP contribution in [-0.2, 0) is 4.79 Å². The molecule has 0 aromatic heterocycles. The van der Waals surface area contributed by atoms with E-state index in [4.69, 9.17) is 0 Å². The topological polar surface area (TPSA) is 113 Å². The maximum atomic E-state index is 12.2. The van der Waals surface area contributed by atoms with Crippen LogP contribution in [0.5, 0.6) is 0 Å².